The lowest BCUT2D eigenvalue weighted by atomic mass is 10.0. The first-order chi connectivity index (χ1) is 24.5. The number of ether oxygens (including phenoxy) is 2. The first-order valence-corrected chi connectivity index (χ1v) is 20.8. The molecule has 0 aromatic heterocycles. The average Bonchev–Trinajstić information content (AvgIpc) is 3.11. The first-order valence-electron chi connectivity index (χ1n) is 20.8. The molecule has 0 bridgehead atoms. The van der Waals surface area contributed by atoms with Gasteiger partial charge in [-0.05, 0) is 44.9 Å². The number of allylic oxidation sites excluding steroid dienone is 6. The molecule has 0 aromatic rings. The van der Waals surface area contributed by atoms with Crippen molar-refractivity contribution in [2.45, 2.75) is 206 Å². The Morgan fingerprint density at radius 3 is 1.64 bits per heavy atom. The third-order valence-corrected chi connectivity index (χ3v) is 8.96. The van der Waals surface area contributed by atoms with Crippen molar-refractivity contribution < 1.29 is 29.3 Å². The normalized spacial score (nSPS) is 13.3. The van der Waals surface area contributed by atoms with E-state index in [0.717, 1.165) is 38.5 Å². The molecular weight excluding hydrogens is 624 g/mol. The van der Waals surface area contributed by atoms with Crippen LogP contribution in [-0.4, -0.2) is 47.6 Å². The van der Waals surface area contributed by atoms with E-state index in [2.05, 4.69) is 19.9 Å². The Balaban J connectivity index is 3.68. The Bertz CT molecular complexity index is 861. The maximum Gasteiger partial charge on any atom is 0.306 e. The molecule has 0 fully saturated rings. The smallest absolute Gasteiger partial charge is 0.306 e. The molecule has 290 valence electrons. The standard InChI is InChI=1S/C44H78O6/c1-3-5-7-9-11-12-13-14-15-16-17-18-19-20-21-25-29-33-37-43(47)49-40-42(39-45)50-44(48)38-34-30-26-22-24-28-32-36-41(46)35-31-27-23-10-8-6-4-2/h22-23,26-28,31-32,35,41-42,45-46H,3-21,24-25,29-30,33-34,36-40H2,1-2H3/b26-22+,27-23-,32-28-,35-31-/t41-,42-/m0/s1. The molecule has 6 heteroatoms. The van der Waals surface area contributed by atoms with Gasteiger partial charge in [-0.2, -0.15) is 0 Å². The molecule has 2 atom stereocenters. The Hall–Kier alpha value is -2.18. The van der Waals surface area contributed by atoms with Crippen molar-refractivity contribution >= 4 is 11.9 Å². The quantitative estimate of drug-likeness (QED) is 0.0290. The SMILES string of the molecule is CCCCC/C=C\C=C/[C@H](O)C/C=C\C/C=C/CCCC(=O)O[C@@H](CO)COC(=O)CCCCCCCCCCCCCCCCCCCC. The van der Waals surface area contributed by atoms with Gasteiger partial charge in [-0.15, -0.1) is 0 Å². The number of carbonyl (C=O) groups excluding carboxylic acids is 2. The van der Waals surface area contributed by atoms with Gasteiger partial charge in [0, 0.05) is 12.8 Å². The van der Waals surface area contributed by atoms with Crippen molar-refractivity contribution in [1.82, 2.24) is 0 Å². The molecule has 0 radical (unpaired) electrons. The summed E-state index contributed by atoms with van der Waals surface area (Å²) in [5, 5.41) is 19.6. The third kappa shape index (κ3) is 37.1. The van der Waals surface area contributed by atoms with E-state index in [-0.39, 0.29) is 25.6 Å². The van der Waals surface area contributed by atoms with Crippen molar-refractivity contribution in [3.05, 3.63) is 48.6 Å². The lowest BCUT2D eigenvalue weighted by molar-refractivity contribution is -0.161. The van der Waals surface area contributed by atoms with Crippen molar-refractivity contribution in [3.63, 3.8) is 0 Å². The topological polar surface area (TPSA) is 93.1 Å². The number of esters is 2. The molecule has 0 heterocycles. The molecule has 0 aliphatic carbocycles. The van der Waals surface area contributed by atoms with Crippen molar-refractivity contribution in [3.8, 4) is 0 Å². The van der Waals surface area contributed by atoms with Gasteiger partial charge in [0.05, 0.1) is 12.7 Å². The second-order valence-electron chi connectivity index (χ2n) is 13.9. The summed E-state index contributed by atoms with van der Waals surface area (Å²) in [4.78, 5) is 24.3. The van der Waals surface area contributed by atoms with Crippen LogP contribution in [0.15, 0.2) is 48.6 Å². The zero-order valence-corrected chi connectivity index (χ0v) is 32.5. The molecule has 0 rings (SSSR count). The monoisotopic (exact) mass is 703 g/mol. The Morgan fingerprint density at radius 2 is 1.06 bits per heavy atom. The summed E-state index contributed by atoms with van der Waals surface area (Å²) in [5.74, 6) is -0.693. The highest BCUT2D eigenvalue weighted by Crippen LogP contribution is 2.15. The van der Waals surface area contributed by atoms with E-state index < -0.39 is 18.2 Å². The maximum atomic E-state index is 12.2. The molecule has 0 spiro atoms. The average molecular weight is 703 g/mol. The molecular formula is C44H78O6. The van der Waals surface area contributed by atoms with Crippen LogP contribution >= 0.6 is 0 Å². The number of rotatable bonds is 37. The summed E-state index contributed by atoms with van der Waals surface area (Å²) in [5.41, 5.74) is 0. The van der Waals surface area contributed by atoms with Gasteiger partial charge in [0.15, 0.2) is 6.10 Å². The van der Waals surface area contributed by atoms with Crippen molar-refractivity contribution in [1.29, 1.82) is 0 Å². The lowest BCUT2D eigenvalue weighted by Gasteiger charge is -2.15. The van der Waals surface area contributed by atoms with E-state index in [0.29, 0.717) is 19.3 Å². The van der Waals surface area contributed by atoms with E-state index >= 15 is 0 Å². The predicted octanol–water partition coefficient (Wildman–Crippen LogP) is 12.0. The highest BCUT2D eigenvalue weighted by atomic mass is 16.6. The first kappa shape index (κ1) is 47.8. The summed E-state index contributed by atoms with van der Waals surface area (Å²) in [7, 11) is 0. The van der Waals surface area contributed by atoms with Crippen LogP contribution in [0.5, 0.6) is 0 Å². The zero-order valence-electron chi connectivity index (χ0n) is 32.5. The molecule has 2 N–H and O–H groups in total. The highest BCUT2D eigenvalue weighted by Gasteiger charge is 2.16. The predicted molar refractivity (Wildman–Crippen MR) is 211 cm³/mol. The lowest BCUT2D eigenvalue weighted by Crippen LogP contribution is -2.28. The van der Waals surface area contributed by atoms with Crippen LogP contribution in [0, 0.1) is 0 Å². The van der Waals surface area contributed by atoms with Crippen molar-refractivity contribution in [2.75, 3.05) is 13.2 Å². The Labute approximate surface area is 308 Å². The summed E-state index contributed by atoms with van der Waals surface area (Å²) >= 11 is 0. The summed E-state index contributed by atoms with van der Waals surface area (Å²) in [6.07, 6.45) is 46.3. The fourth-order valence-corrected chi connectivity index (χ4v) is 5.74. The fourth-order valence-electron chi connectivity index (χ4n) is 5.74. The Morgan fingerprint density at radius 1 is 0.560 bits per heavy atom. The fraction of sp³-hybridized carbons (Fsp3) is 0.773. The van der Waals surface area contributed by atoms with Crippen LogP contribution in [0.2, 0.25) is 0 Å². The van der Waals surface area contributed by atoms with Gasteiger partial charge in [0.25, 0.3) is 0 Å². The molecule has 0 saturated heterocycles. The van der Waals surface area contributed by atoms with Gasteiger partial charge in [0.1, 0.15) is 6.61 Å². The van der Waals surface area contributed by atoms with Gasteiger partial charge >= 0.3 is 11.9 Å². The second-order valence-corrected chi connectivity index (χ2v) is 13.9. The molecule has 0 aliphatic rings. The van der Waals surface area contributed by atoms with Gasteiger partial charge in [-0.25, -0.2) is 0 Å². The molecule has 6 nitrogen and oxygen atoms in total. The van der Waals surface area contributed by atoms with Gasteiger partial charge in [-0.3, -0.25) is 9.59 Å². The van der Waals surface area contributed by atoms with E-state index in [9.17, 15) is 19.8 Å². The summed E-state index contributed by atoms with van der Waals surface area (Å²) in [6, 6.07) is 0. The zero-order chi connectivity index (χ0) is 36.6. The number of hydrogen-bond acceptors (Lipinski definition) is 6. The minimum Gasteiger partial charge on any atom is -0.462 e. The molecule has 0 unspecified atom stereocenters. The van der Waals surface area contributed by atoms with Crippen LogP contribution in [0.4, 0.5) is 0 Å². The van der Waals surface area contributed by atoms with Crippen molar-refractivity contribution in [2.24, 2.45) is 0 Å². The van der Waals surface area contributed by atoms with Crippen LogP contribution in [-0.2, 0) is 19.1 Å². The molecule has 0 saturated carbocycles. The molecule has 50 heavy (non-hydrogen) atoms. The van der Waals surface area contributed by atoms with Crippen LogP contribution in [0.3, 0.4) is 0 Å². The molecule has 0 amide bonds. The van der Waals surface area contributed by atoms with Crippen LogP contribution in [0.25, 0.3) is 0 Å². The summed E-state index contributed by atoms with van der Waals surface area (Å²) < 4.78 is 10.6. The number of aliphatic hydroxyl groups excluding tert-OH is 2. The van der Waals surface area contributed by atoms with E-state index in [1.165, 1.54) is 116 Å². The highest BCUT2D eigenvalue weighted by molar-refractivity contribution is 5.70. The van der Waals surface area contributed by atoms with Crippen LogP contribution < -0.4 is 0 Å². The van der Waals surface area contributed by atoms with Crippen LogP contribution in [0.1, 0.15) is 194 Å². The third-order valence-electron chi connectivity index (χ3n) is 8.96. The minimum absolute atomic E-state index is 0.105. The maximum absolute atomic E-state index is 12.2. The van der Waals surface area contributed by atoms with E-state index in [1.54, 1.807) is 0 Å². The van der Waals surface area contributed by atoms with E-state index in [4.69, 9.17) is 9.47 Å². The Kier molecular flexibility index (Phi) is 37.9. The van der Waals surface area contributed by atoms with Gasteiger partial charge in [-0.1, -0.05) is 184 Å². The number of aliphatic hydroxyl groups is 2. The number of carbonyl (C=O) groups is 2. The van der Waals surface area contributed by atoms with E-state index in [1.807, 2.05) is 42.5 Å². The molecule has 0 aliphatic heterocycles. The minimum atomic E-state index is -0.820. The largest absolute Gasteiger partial charge is 0.462 e. The summed E-state index contributed by atoms with van der Waals surface area (Å²) in [6.45, 7) is 4.00. The second kappa shape index (κ2) is 39.6. The van der Waals surface area contributed by atoms with Gasteiger partial charge in [0.2, 0.25) is 0 Å². The van der Waals surface area contributed by atoms with Gasteiger partial charge < -0.3 is 19.7 Å². The molecule has 0 aromatic carbocycles. The number of unbranched alkanes of at least 4 members (excludes halogenated alkanes) is 21. The number of hydrogen-bond donors (Lipinski definition) is 2.